The summed E-state index contributed by atoms with van der Waals surface area (Å²) in [4.78, 5) is 12.2. The smallest absolute Gasteiger partial charge is 0.224 e. The number of carbonyl (C=O) groups is 1. The lowest BCUT2D eigenvalue weighted by Gasteiger charge is -2.22. The largest absolute Gasteiger partial charge is 0.493 e. The van der Waals surface area contributed by atoms with Gasteiger partial charge >= 0.3 is 0 Å². The molecular weight excluding hydrogens is 344 g/mol. The topological polar surface area (TPSA) is 68.8 Å². The molecule has 0 atom stereocenters. The van der Waals surface area contributed by atoms with Crippen LogP contribution in [0.25, 0.3) is 0 Å². The van der Waals surface area contributed by atoms with Gasteiger partial charge in [0, 0.05) is 25.3 Å². The molecule has 2 rings (SSSR count). The van der Waals surface area contributed by atoms with Crippen molar-refractivity contribution in [1.29, 1.82) is 0 Å². The Labute approximate surface area is 156 Å². The molecule has 0 bridgehead atoms. The Morgan fingerprint density at radius 2 is 1.96 bits per heavy atom. The zero-order chi connectivity index (χ0) is 17.2. The first-order valence-corrected chi connectivity index (χ1v) is 8.53. The number of hydrogen-bond donors (Lipinski definition) is 2. The molecule has 0 radical (unpaired) electrons. The minimum atomic E-state index is 0. The van der Waals surface area contributed by atoms with Crippen molar-refractivity contribution < 1.29 is 19.0 Å². The minimum absolute atomic E-state index is 0. The molecule has 0 aromatic heterocycles. The summed E-state index contributed by atoms with van der Waals surface area (Å²) in [5.74, 6) is 1.94. The summed E-state index contributed by atoms with van der Waals surface area (Å²) in [7, 11) is 3.22. The highest BCUT2D eigenvalue weighted by atomic mass is 35.5. The van der Waals surface area contributed by atoms with E-state index in [0.29, 0.717) is 37.1 Å². The van der Waals surface area contributed by atoms with E-state index in [1.54, 1.807) is 26.4 Å². The van der Waals surface area contributed by atoms with Crippen LogP contribution in [0.1, 0.15) is 25.7 Å². The highest BCUT2D eigenvalue weighted by Gasteiger charge is 2.15. The first-order valence-electron chi connectivity index (χ1n) is 8.53. The summed E-state index contributed by atoms with van der Waals surface area (Å²) >= 11 is 0. The number of anilines is 1. The average molecular weight is 373 g/mol. The van der Waals surface area contributed by atoms with Crippen LogP contribution < -0.4 is 20.1 Å². The van der Waals surface area contributed by atoms with E-state index in [-0.39, 0.29) is 18.3 Å². The number of halogens is 1. The van der Waals surface area contributed by atoms with E-state index < -0.39 is 0 Å². The number of benzene rings is 1. The molecule has 6 nitrogen and oxygen atoms in total. The fourth-order valence-electron chi connectivity index (χ4n) is 2.83. The quantitative estimate of drug-likeness (QED) is 0.652. The third kappa shape index (κ3) is 7.50. The highest BCUT2D eigenvalue weighted by Crippen LogP contribution is 2.30. The summed E-state index contributed by atoms with van der Waals surface area (Å²) in [6, 6.07) is 5.41. The fourth-order valence-corrected chi connectivity index (χ4v) is 2.83. The Morgan fingerprint density at radius 1 is 1.20 bits per heavy atom. The lowest BCUT2D eigenvalue weighted by Crippen LogP contribution is -2.28. The van der Waals surface area contributed by atoms with Crippen molar-refractivity contribution in [3.05, 3.63) is 18.2 Å². The second-order valence-electron chi connectivity index (χ2n) is 5.99. The Bertz CT molecular complexity index is 522. The third-order valence-corrected chi connectivity index (χ3v) is 4.23. The molecule has 1 aliphatic rings. The molecule has 2 N–H and O–H groups in total. The summed E-state index contributed by atoms with van der Waals surface area (Å²) < 4.78 is 15.9. The van der Waals surface area contributed by atoms with Gasteiger partial charge in [-0.15, -0.1) is 12.4 Å². The van der Waals surface area contributed by atoms with E-state index in [2.05, 4.69) is 10.6 Å². The molecule has 1 saturated heterocycles. The van der Waals surface area contributed by atoms with Crippen LogP contribution in [0.4, 0.5) is 5.69 Å². The number of ether oxygens (including phenoxy) is 3. The maximum Gasteiger partial charge on any atom is 0.224 e. The molecule has 1 fully saturated rings. The molecule has 1 heterocycles. The summed E-state index contributed by atoms with van der Waals surface area (Å²) in [6.07, 6.45) is 3.82. The number of amides is 1. The summed E-state index contributed by atoms with van der Waals surface area (Å²) in [6.45, 7) is 3.05. The van der Waals surface area contributed by atoms with Crippen molar-refractivity contribution in [2.24, 2.45) is 5.92 Å². The van der Waals surface area contributed by atoms with Crippen molar-refractivity contribution in [3.8, 4) is 11.5 Å². The number of nitrogens with one attached hydrogen (secondary N) is 2. The molecule has 25 heavy (non-hydrogen) atoms. The maximum absolute atomic E-state index is 12.2. The Kier molecular flexibility index (Phi) is 10.3. The number of rotatable bonds is 9. The van der Waals surface area contributed by atoms with Gasteiger partial charge < -0.3 is 24.8 Å². The van der Waals surface area contributed by atoms with E-state index in [1.165, 1.54) is 0 Å². The van der Waals surface area contributed by atoms with Crippen LogP contribution in [0.5, 0.6) is 11.5 Å². The van der Waals surface area contributed by atoms with E-state index in [9.17, 15) is 4.79 Å². The van der Waals surface area contributed by atoms with Crippen LogP contribution in [0.15, 0.2) is 18.2 Å². The van der Waals surface area contributed by atoms with Crippen molar-refractivity contribution >= 4 is 24.0 Å². The third-order valence-electron chi connectivity index (χ3n) is 4.23. The van der Waals surface area contributed by atoms with Gasteiger partial charge in [0.15, 0.2) is 11.5 Å². The standard InChI is InChI=1S/C18H28N2O4.ClH/c1-22-11-12-24-17-13-15(4-5-16(17)23-2)20-18(21)6-3-14-7-9-19-10-8-14;/h4-5,13-14,19H,3,6-12H2,1-2H3,(H,20,21);1H. The Morgan fingerprint density at radius 3 is 2.64 bits per heavy atom. The van der Waals surface area contributed by atoms with E-state index in [4.69, 9.17) is 14.2 Å². The predicted octanol–water partition coefficient (Wildman–Crippen LogP) is 2.86. The molecule has 1 aliphatic heterocycles. The number of carbonyl (C=O) groups excluding carboxylic acids is 1. The van der Waals surface area contributed by atoms with Crippen molar-refractivity contribution in [3.63, 3.8) is 0 Å². The fraction of sp³-hybridized carbons (Fsp3) is 0.611. The highest BCUT2D eigenvalue weighted by molar-refractivity contribution is 5.91. The molecule has 142 valence electrons. The zero-order valence-corrected chi connectivity index (χ0v) is 15.8. The van der Waals surface area contributed by atoms with Crippen molar-refractivity contribution in [2.75, 3.05) is 45.8 Å². The molecule has 1 aromatic carbocycles. The molecule has 1 amide bonds. The summed E-state index contributed by atoms with van der Waals surface area (Å²) in [5, 5.41) is 6.29. The van der Waals surface area contributed by atoms with Crippen molar-refractivity contribution in [1.82, 2.24) is 5.32 Å². The molecule has 1 aromatic rings. The van der Waals surface area contributed by atoms with Gasteiger partial charge in [-0.05, 0) is 50.4 Å². The minimum Gasteiger partial charge on any atom is -0.493 e. The lowest BCUT2D eigenvalue weighted by molar-refractivity contribution is -0.116. The first kappa shape index (κ1) is 21.5. The molecule has 7 heteroatoms. The number of methoxy groups -OCH3 is 2. The van der Waals surface area contributed by atoms with Gasteiger partial charge in [-0.2, -0.15) is 0 Å². The second-order valence-corrected chi connectivity index (χ2v) is 5.99. The van der Waals surface area contributed by atoms with Gasteiger partial charge in [-0.25, -0.2) is 0 Å². The molecule has 0 unspecified atom stereocenters. The second kappa shape index (κ2) is 12.0. The van der Waals surface area contributed by atoms with Gasteiger partial charge in [0.05, 0.1) is 13.7 Å². The van der Waals surface area contributed by atoms with Crippen LogP contribution >= 0.6 is 12.4 Å². The SMILES string of the molecule is COCCOc1cc(NC(=O)CCC2CCNCC2)ccc1OC.Cl. The normalized spacial score (nSPS) is 14.5. The first-order chi connectivity index (χ1) is 11.7. The van der Waals surface area contributed by atoms with Crippen LogP contribution in [-0.4, -0.2) is 46.4 Å². The zero-order valence-electron chi connectivity index (χ0n) is 15.0. The molecular formula is C18H29ClN2O4. The maximum atomic E-state index is 12.2. The van der Waals surface area contributed by atoms with Gasteiger partial charge in [-0.1, -0.05) is 0 Å². The van der Waals surface area contributed by atoms with Gasteiger partial charge in [0.1, 0.15) is 6.61 Å². The van der Waals surface area contributed by atoms with Crippen LogP contribution in [-0.2, 0) is 9.53 Å². The van der Waals surface area contributed by atoms with Crippen LogP contribution in [0.3, 0.4) is 0 Å². The Balaban J connectivity index is 0.00000312. The molecule has 0 saturated carbocycles. The lowest BCUT2D eigenvalue weighted by atomic mass is 9.93. The van der Waals surface area contributed by atoms with E-state index in [1.807, 2.05) is 6.07 Å². The number of piperidine rings is 1. The summed E-state index contributed by atoms with van der Waals surface area (Å²) in [5.41, 5.74) is 0.721. The molecule has 0 aliphatic carbocycles. The van der Waals surface area contributed by atoms with Crippen molar-refractivity contribution in [2.45, 2.75) is 25.7 Å². The van der Waals surface area contributed by atoms with Gasteiger partial charge in [-0.3, -0.25) is 4.79 Å². The van der Waals surface area contributed by atoms with E-state index in [0.717, 1.165) is 38.0 Å². The average Bonchev–Trinajstić information content (AvgIpc) is 2.61. The number of hydrogen-bond acceptors (Lipinski definition) is 5. The van der Waals surface area contributed by atoms with Gasteiger partial charge in [0.25, 0.3) is 0 Å². The monoisotopic (exact) mass is 372 g/mol. The Hall–Kier alpha value is -1.50. The predicted molar refractivity (Wildman–Crippen MR) is 101 cm³/mol. The molecule has 0 spiro atoms. The van der Waals surface area contributed by atoms with Gasteiger partial charge in [0.2, 0.25) is 5.91 Å². The van der Waals surface area contributed by atoms with E-state index >= 15 is 0 Å². The van der Waals surface area contributed by atoms with Crippen LogP contribution in [0.2, 0.25) is 0 Å². The van der Waals surface area contributed by atoms with Crippen LogP contribution in [0, 0.1) is 5.92 Å².